The van der Waals surface area contributed by atoms with E-state index in [0.29, 0.717) is 27.8 Å². The second-order valence-corrected chi connectivity index (χ2v) is 4.81. The van der Waals surface area contributed by atoms with Gasteiger partial charge in [0.25, 0.3) is 0 Å². The number of hydrogen-bond donors (Lipinski definition) is 2. The normalized spacial score (nSPS) is 24.7. The molecule has 0 atom stereocenters. The lowest BCUT2D eigenvalue weighted by molar-refractivity contribution is 0.280. The average molecular weight is 246 g/mol. The van der Waals surface area contributed by atoms with Gasteiger partial charge in [-0.15, -0.1) is 0 Å². The van der Waals surface area contributed by atoms with E-state index in [1.165, 1.54) is 0 Å². The molecule has 5 heteroatoms. The van der Waals surface area contributed by atoms with Crippen molar-refractivity contribution in [1.29, 1.82) is 0 Å². The van der Waals surface area contributed by atoms with Crippen LogP contribution in [-0.2, 0) is 0 Å². The summed E-state index contributed by atoms with van der Waals surface area (Å²) in [5, 5.41) is 4.32. The number of hydrogen-bond acceptors (Lipinski definition) is 3. The van der Waals surface area contributed by atoms with Gasteiger partial charge in [-0.05, 0) is 24.8 Å². The SMILES string of the molecule is NC1CC(CNc2ncc(Cl)cc2Cl)C1. The van der Waals surface area contributed by atoms with Crippen molar-refractivity contribution in [2.45, 2.75) is 18.9 Å². The van der Waals surface area contributed by atoms with Gasteiger partial charge >= 0.3 is 0 Å². The number of nitrogens with two attached hydrogens (primary N) is 1. The molecule has 0 aliphatic heterocycles. The molecule has 1 aliphatic carbocycles. The molecule has 0 aromatic carbocycles. The van der Waals surface area contributed by atoms with E-state index in [2.05, 4.69) is 10.3 Å². The van der Waals surface area contributed by atoms with Crippen LogP contribution in [0.5, 0.6) is 0 Å². The molecule has 0 radical (unpaired) electrons. The van der Waals surface area contributed by atoms with Crippen molar-refractivity contribution in [3.05, 3.63) is 22.3 Å². The Balaban J connectivity index is 1.88. The number of nitrogens with one attached hydrogen (secondary N) is 1. The standard InChI is InChI=1S/C10H13Cl2N3/c11-7-3-9(12)10(15-5-7)14-4-6-1-8(13)2-6/h3,5-6,8H,1-2,4,13H2,(H,14,15). The van der Waals surface area contributed by atoms with Gasteiger partial charge in [0.2, 0.25) is 0 Å². The van der Waals surface area contributed by atoms with Gasteiger partial charge in [-0.2, -0.15) is 0 Å². The van der Waals surface area contributed by atoms with Crippen molar-refractivity contribution >= 4 is 29.0 Å². The smallest absolute Gasteiger partial charge is 0.144 e. The van der Waals surface area contributed by atoms with Crippen LogP contribution in [0.1, 0.15) is 12.8 Å². The summed E-state index contributed by atoms with van der Waals surface area (Å²) in [4.78, 5) is 4.12. The second-order valence-electron chi connectivity index (χ2n) is 3.96. The van der Waals surface area contributed by atoms with E-state index >= 15 is 0 Å². The molecule has 82 valence electrons. The van der Waals surface area contributed by atoms with Gasteiger partial charge in [-0.25, -0.2) is 4.98 Å². The summed E-state index contributed by atoms with van der Waals surface area (Å²) in [5.74, 6) is 1.34. The Hall–Kier alpha value is -0.510. The molecule has 15 heavy (non-hydrogen) atoms. The van der Waals surface area contributed by atoms with Crippen molar-refractivity contribution in [2.75, 3.05) is 11.9 Å². The first-order valence-corrected chi connectivity index (χ1v) is 5.71. The third kappa shape index (κ3) is 2.74. The second kappa shape index (κ2) is 4.56. The summed E-state index contributed by atoms with van der Waals surface area (Å²) in [5.41, 5.74) is 5.70. The molecule has 0 unspecified atom stereocenters. The van der Waals surface area contributed by atoms with Crippen molar-refractivity contribution in [3.8, 4) is 0 Å². The Bertz CT molecular complexity index is 351. The predicted molar refractivity (Wildman–Crippen MR) is 63.4 cm³/mol. The van der Waals surface area contributed by atoms with Crippen LogP contribution in [0, 0.1) is 5.92 Å². The van der Waals surface area contributed by atoms with E-state index in [0.717, 1.165) is 19.4 Å². The lowest BCUT2D eigenvalue weighted by Gasteiger charge is -2.32. The van der Waals surface area contributed by atoms with E-state index < -0.39 is 0 Å². The first-order valence-electron chi connectivity index (χ1n) is 4.95. The van der Waals surface area contributed by atoms with Gasteiger partial charge in [0.1, 0.15) is 5.82 Å². The highest BCUT2D eigenvalue weighted by Crippen LogP contribution is 2.27. The van der Waals surface area contributed by atoms with Gasteiger partial charge < -0.3 is 11.1 Å². The number of aromatic nitrogens is 1. The number of halogens is 2. The summed E-state index contributed by atoms with van der Waals surface area (Å²) in [7, 11) is 0. The van der Waals surface area contributed by atoms with Crippen LogP contribution in [0.3, 0.4) is 0 Å². The Labute approximate surface area is 99.0 Å². The molecule has 1 heterocycles. The van der Waals surface area contributed by atoms with E-state index in [1.807, 2.05) is 0 Å². The van der Waals surface area contributed by atoms with Crippen LogP contribution in [0.15, 0.2) is 12.3 Å². The van der Waals surface area contributed by atoms with E-state index in [9.17, 15) is 0 Å². The maximum absolute atomic E-state index is 5.97. The van der Waals surface area contributed by atoms with Crippen LogP contribution in [0.4, 0.5) is 5.82 Å². The van der Waals surface area contributed by atoms with Crippen molar-refractivity contribution in [2.24, 2.45) is 11.7 Å². The lowest BCUT2D eigenvalue weighted by Crippen LogP contribution is -2.39. The zero-order valence-corrected chi connectivity index (χ0v) is 9.72. The van der Waals surface area contributed by atoms with Crippen molar-refractivity contribution in [3.63, 3.8) is 0 Å². The molecule has 1 aromatic heterocycles. The average Bonchev–Trinajstić information content (AvgIpc) is 2.13. The summed E-state index contributed by atoms with van der Waals surface area (Å²) < 4.78 is 0. The van der Waals surface area contributed by atoms with Crippen molar-refractivity contribution in [1.82, 2.24) is 4.98 Å². The summed E-state index contributed by atoms with van der Waals surface area (Å²) in [6, 6.07) is 2.07. The van der Waals surface area contributed by atoms with Gasteiger partial charge in [-0.3, -0.25) is 0 Å². The number of anilines is 1. The molecule has 3 nitrogen and oxygen atoms in total. The van der Waals surface area contributed by atoms with Gasteiger partial charge in [0, 0.05) is 18.8 Å². The molecule has 1 fully saturated rings. The highest BCUT2D eigenvalue weighted by atomic mass is 35.5. The van der Waals surface area contributed by atoms with Crippen LogP contribution in [0.25, 0.3) is 0 Å². The van der Waals surface area contributed by atoms with Crippen molar-refractivity contribution < 1.29 is 0 Å². The highest BCUT2D eigenvalue weighted by molar-refractivity contribution is 6.35. The van der Waals surface area contributed by atoms with E-state index in [1.54, 1.807) is 12.3 Å². The molecule has 1 aliphatic rings. The molecule has 0 spiro atoms. The van der Waals surface area contributed by atoms with Crippen LogP contribution < -0.4 is 11.1 Å². The molecule has 0 saturated heterocycles. The molecule has 1 aromatic rings. The van der Waals surface area contributed by atoms with Gasteiger partial charge in [0.05, 0.1) is 10.0 Å². The van der Waals surface area contributed by atoms with Crippen LogP contribution in [-0.4, -0.2) is 17.6 Å². The first kappa shape index (κ1) is 11.0. The molecule has 1 saturated carbocycles. The van der Waals surface area contributed by atoms with E-state index in [-0.39, 0.29) is 0 Å². The minimum atomic E-state index is 0.380. The Morgan fingerprint density at radius 2 is 2.20 bits per heavy atom. The van der Waals surface area contributed by atoms with Crippen LogP contribution in [0.2, 0.25) is 10.0 Å². The molecule has 0 bridgehead atoms. The summed E-state index contributed by atoms with van der Waals surface area (Å²) in [6.07, 6.45) is 3.75. The third-order valence-corrected chi connectivity index (χ3v) is 3.13. The monoisotopic (exact) mass is 245 g/mol. The molecular formula is C10H13Cl2N3. The topological polar surface area (TPSA) is 50.9 Å². The number of rotatable bonds is 3. The van der Waals surface area contributed by atoms with Crippen LogP contribution >= 0.6 is 23.2 Å². The molecular weight excluding hydrogens is 233 g/mol. The Kier molecular flexibility index (Phi) is 3.34. The minimum absolute atomic E-state index is 0.380. The molecule has 2 rings (SSSR count). The fourth-order valence-electron chi connectivity index (χ4n) is 1.74. The zero-order valence-electron chi connectivity index (χ0n) is 8.21. The minimum Gasteiger partial charge on any atom is -0.369 e. The highest BCUT2D eigenvalue weighted by Gasteiger charge is 2.25. The lowest BCUT2D eigenvalue weighted by atomic mass is 9.81. The fourth-order valence-corrected chi connectivity index (χ4v) is 2.19. The van der Waals surface area contributed by atoms with Gasteiger partial charge in [-0.1, -0.05) is 23.2 Å². The predicted octanol–water partition coefficient (Wildman–Crippen LogP) is 2.54. The quantitative estimate of drug-likeness (QED) is 0.861. The number of pyridine rings is 1. The maximum atomic E-state index is 5.97. The Morgan fingerprint density at radius 3 is 2.80 bits per heavy atom. The zero-order chi connectivity index (χ0) is 10.8. The third-order valence-electron chi connectivity index (χ3n) is 2.64. The largest absolute Gasteiger partial charge is 0.369 e. The number of nitrogens with zero attached hydrogens (tertiary/aromatic N) is 1. The van der Waals surface area contributed by atoms with E-state index in [4.69, 9.17) is 28.9 Å². The summed E-state index contributed by atoms with van der Waals surface area (Å²) >= 11 is 11.7. The maximum Gasteiger partial charge on any atom is 0.144 e. The fraction of sp³-hybridized carbons (Fsp3) is 0.500. The Morgan fingerprint density at radius 1 is 1.47 bits per heavy atom. The van der Waals surface area contributed by atoms with Gasteiger partial charge in [0.15, 0.2) is 0 Å². The first-order chi connectivity index (χ1) is 7.15. The summed E-state index contributed by atoms with van der Waals surface area (Å²) in [6.45, 7) is 0.877. The molecule has 0 amide bonds. The molecule has 3 N–H and O–H groups in total.